The Morgan fingerprint density at radius 1 is 1.04 bits per heavy atom. The third-order valence-corrected chi connectivity index (χ3v) is 11.9. The molecule has 156 valence electrons. The number of nitrogens with one attached hydrogen (secondary N) is 1. The van der Waals surface area contributed by atoms with Gasteiger partial charge in [-0.2, -0.15) is 0 Å². The van der Waals surface area contributed by atoms with Gasteiger partial charge < -0.3 is 14.8 Å². The van der Waals surface area contributed by atoms with Crippen molar-refractivity contribution in [3.05, 3.63) is 0 Å². The second-order valence-electron chi connectivity index (χ2n) is 8.66. The first kappa shape index (κ1) is 25.9. The molecule has 27 heavy (non-hydrogen) atoms. The number of thioether (sulfide) groups is 1. The SMILES string of the molecule is COC(=O)[C@H](CSC#C[Si](C(C)C)(C(C)C)C(C)C)NC(=O)OC(C)(C)C. The first-order valence-electron chi connectivity index (χ1n) is 9.49. The van der Waals surface area contributed by atoms with Crippen LogP contribution in [0.3, 0.4) is 0 Å². The molecular weight excluding hydrogens is 378 g/mol. The maximum atomic E-state index is 12.0. The zero-order valence-corrected chi connectivity index (χ0v) is 20.4. The molecule has 0 bridgehead atoms. The number of hydrogen-bond donors (Lipinski definition) is 1. The van der Waals surface area contributed by atoms with Gasteiger partial charge in [0, 0.05) is 5.75 Å². The number of carbonyl (C=O) groups excluding carboxylic acids is 2. The summed E-state index contributed by atoms with van der Waals surface area (Å²) in [6, 6.07) is -0.794. The number of ether oxygens (including phenoxy) is 2. The van der Waals surface area contributed by atoms with Crippen LogP contribution in [-0.4, -0.2) is 44.6 Å². The Bertz CT molecular complexity index is 537. The van der Waals surface area contributed by atoms with Crippen LogP contribution in [0.15, 0.2) is 0 Å². The van der Waals surface area contributed by atoms with Crippen LogP contribution >= 0.6 is 11.8 Å². The molecule has 0 spiro atoms. The maximum absolute atomic E-state index is 12.0. The smallest absolute Gasteiger partial charge is 0.408 e. The van der Waals surface area contributed by atoms with Gasteiger partial charge in [0.15, 0.2) is 0 Å². The zero-order chi connectivity index (χ0) is 21.4. The van der Waals surface area contributed by atoms with E-state index in [1.54, 1.807) is 20.8 Å². The van der Waals surface area contributed by atoms with Crippen LogP contribution in [-0.2, 0) is 14.3 Å². The topological polar surface area (TPSA) is 64.6 Å². The average Bonchev–Trinajstić information content (AvgIpc) is 2.49. The van der Waals surface area contributed by atoms with Gasteiger partial charge in [-0.1, -0.05) is 53.3 Å². The largest absolute Gasteiger partial charge is 0.467 e. The van der Waals surface area contributed by atoms with Gasteiger partial charge in [-0.25, -0.2) is 9.59 Å². The van der Waals surface area contributed by atoms with Crippen molar-refractivity contribution < 1.29 is 19.1 Å². The molecule has 0 unspecified atom stereocenters. The highest BCUT2D eigenvalue weighted by Gasteiger charge is 2.41. The van der Waals surface area contributed by atoms with E-state index in [1.165, 1.54) is 18.9 Å². The summed E-state index contributed by atoms with van der Waals surface area (Å²) in [5.74, 6) is -0.187. The number of methoxy groups -OCH3 is 1. The number of amides is 1. The molecule has 0 aromatic rings. The van der Waals surface area contributed by atoms with Gasteiger partial charge in [0.2, 0.25) is 0 Å². The predicted octanol–water partition coefficient (Wildman–Crippen LogP) is 4.96. The van der Waals surface area contributed by atoms with E-state index in [1.807, 2.05) is 0 Å². The third-order valence-electron chi connectivity index (χ3n) is 4.63. The minimum absolute atomic E-state index is 0.317. The molecule has 0 fully saturated rings. The average molecular weight is 416 g/mol. The lowest BCUT2D eigenvalue weighted by Crippen LogP contribution is -2.45. The van der Waals surface area contributed by atoms with Crippen LogP contribution < -0.4 is 5.32 Å². The summed E-state index contributed by atoms with van der Waals surface area (Å²) in [5.41, 5.74) is 4.59. The van der Waals surface area contributed by atoms with Gasteiger partial charge in [-0.15, -0.1) is 5.54 Å². The van der Waals surface area contributed by atoms with E-state index in [4.69, 9.17) is 9.47 Å². The molecule has 0 saturated carbocycles. The zero-order valence-electron chi connectivity index (χ0n) is 18.6. The second kappa shape index (κ2) is 11.0. The van der Waals surface area contributed by atoms with E-state index in [9.17, 15) is 9.59 Å². The third kappa shape index (κ3) is 8.18. The highest BCUT2D eigenvalue weighted by Crippen LogP contribution is 2.40. The molecule has 0 heterocycles. The predicted molar refractivity (Wildman–Crippen MR) is 116 cm³/mol. The monoisotopic (exact) mass is 415 g/mol. The van der Waals surface area contributed by atoms with Gasteiger partial charge in [-0.05, 0) is 42.6 Å². The minimum atomic E-state index is -1.81. The van der Waals surface area contributed by atoms with E-state index in [0.717, 1.165) is 0 Å². The van der Waals surface area contributed by atoms with Crippen molar-refractivity contribution in [1.82, 2.24) is 5.32 Å². The van der Waals surface area contributed by atoms with E-state index in [0.29, 0.717) is 22.4 Å². The van der Waals surface area contributed by atoms with Gasteiger partial charge in [0.1, 0.15) is 19.7 Å². The van der Waals surface area contributed by atoms with Crippen LogP contribution in [0.25, 0.3) is 0 Å². The maximum Gasteiger partial charge on any atom is 0.408 e. The van der Waals surface area contributed by atoms with Crippen LogP contribution in [0.4, 0.5) is 4.79 Å². The van der Waals surface area contributed by atoms with Crippen molar-refractivity contribution in [2.45, 2.75) is 90.6 Å². The molecule has 0 rings (SSSR count). The van der Waals surface area contributed by atoms with Crippen LogP contribution in [0.5, 0.6) is 0 Å². The molecular formula is C20H37NO4SSi. The van der Waals surface area contributed by atoms with Gasteiger partial charge >= 0.3 is 12.1 Å². The van der Waals surface area contributed by atoms with Gasteiger partial charge in [0.25, 0.3) is 0 Å². The highest BCUT2D eigenvalue weighted by molar-refractivity contribution is 8.04. The fourth-order valence-corrected chi connectivity index (χ4v) is 9.77. The van der Waals surface area contributed by atoms with E-state index < -0.39 is 31.8 Å². The fourth-order valence-electron chi connectivity index (χ4n) is 3.44. The number of alkyl carbamates (subject to hydrolysis) is 1. The van der Waals surface area contributed by atoms with Crippen molar-refractivity contribution in [3.8, 4) is 10.8 Å². The first-order chi connectivity index (χ1) is 12.3. The molecule has 1 N–H and O–H groups in total. The Morgan fingerprint density at radius 3 is 1.89 bits per heavy atom. The molecule has 0 aromatic carbocycles. The molecule has 5 nitrogen and oxygen atoms in total. The normalized spacial score (nSPS) is 13.2. The van der Waals surface area contributed by atoms with Crippen molar-refractivity contribution in [2.24, 2.45) is 0 Å². The van der Waals surface area contributed by atoms with Crippen molar-refractivity contribution >= 4 is 31.9 Å². The van der Waals surface area contributed by atoms with Gasteiger partial charge in [-0.3, -0.25) is 0 Å². The summed E-state index contributed by atoms with van der Waals surface area (Å²) in [4.78, 5) is 24.0. The summed E-state index contributed by atoms with van der Waals surface area (Å²) in [7, 11) is -0.507. The Balaban J connectivity index is 5.18. The van der Waals surface area contributed by atoms with Crippen molar-refractivity contribution in [1.29, 1.82) is 0 Å². The summed E-state index contributed by atoms with van der Waals surface area (Å²) in [6.07, 6.45) is -0.637. The lowest BCUT2D eigenvalue weighted by atomic mass is 10.2. The Morgan fingerprint density at radius 2 is 1.52 bits per heavy atom. The summed E-state index contributed by atoms with van der Waals surface area (Å²) in [5, 5.41) is 5.81. The molecule has 7 heteroatoms. The molecule has 0 aliphatic heterocycles. The fraction of sp³-hybridized carbons (Fsp3) is 0.800. The van der Waals surface area contributed by atoms with Crippen LogP contribution in [0.2, 0.25) is 16.6 Å². The molecule has 0 aliphatic carbocycles. The van der Waals surface area contributed by atoms with Crippen LogP contribution in [0.1, 0.15) is 62.3 Å². The molecule has 0 aromatic heterocycles. The second-order valence-corrected chi connectivity index (χ2v) is 15.1. The van der Waals surface area contributed by atoms with Gasteiger partial charge in [0.05, 0.1) is 7.11 Å². The lowest BCUT2D eigenvalue weighted by Gasteiger charge is -2.37. The van der Waals surface area contributed by atoms with Crippen LogP contribution in [0, 0.1) is 10.8 Å². The molecule has 0 saturated heterocycles. The molecule has 0 aliphatic rings. The minimum Gasteiger partial charge on any atom is -0.467 e. The van der Waals surface area contributed by atoms with Crippen molar-refractivity contribution in [2.75, 3.05) is 12.9 Å². The molecule has 1 amide bonds. The van der Waals surface area contributed by atoms with Crippen molar-refractivity contribution in [3.63, 3.8) is 0 Å². The standard InChI is InChI=1S/C20H37NO4SSi/c1-14(2)27(15(3)4,16(5)6)12-11-26-13-17(18(22)24-10)21-19(23)25-20(7,8)9/h14-17H,13H2,1-10H3,(H,21,23)/t17-/m0/s1. The summed E-state index contributed by atoms with van der Waals surface area (Å²) >= 11 is 1.35. The van der Waals surface area contributed by atoms with E-state index in [-0.39, 0.29) is 0 Å². The molecule has 1 atom stereocenters. The summed E-state index contributed by atoms with van der Waals surface area (Å²) < 4.78 is 10.0. The number of esters is 1. The lowest BCUT2D eigenvalue weighted by molar-refractivity contribution is -0.142. The summed E-state index contributed by atoms with van der Waals surface area (Å²) in [6.45, 7) is 18.9. The molecule has 0 radical (unpaired) electrons. The number of hydrogen-bond acceptors (Lipinski definition) is 5. The highest BCUT2D eigenvalue weighted by atomic mass is 32.2. The quantitative estimate of drug-likeness (QED) is 0.361. The Labute approximate surface area is 170 Å². The number of rotatable bonds is 7. The van der Waals surface area contributed by atoms with E-state index in [2.05, 4.69) is 57.7 Å². The number of carbonyl (C=O) groups is 2. The first-order valence-corrected chi connectivity index (χ1v) is 12.7. The Kier molecular flexibility index (Phi) is 10.5. The Hall–Kier alpha value is -1.13. The van der Waals surface area contributed by atoms with E-state index >= 15 is 0 Å².